The first kappa shape index (κ1) is 25.8. The van der Waals surface area contributed by atoms with E-state index in [1.54, 1.807) is 29.5 Å². The number of ether oxygens (including phenoxy) is 1. The Morgan fingerprint density at radius 1 is 1.00 bits per heavy atom. The zero-order chi connectivity index (χ0) is 26.5. The van der Waals surface area contributed by atoms with Crippen molar-refractivity contribution >= 4 is 40.0 Å². The normalized spacial score (nSPS) is 11.8. The minimum absolute atomic E-state index is 0.00453. The lowest BCUT2D eigenvalue weighted by Gasteiger charge is -2.17. The summed E-state index contributed by atoms with van der Waals surface area (Å²) in [5.74, 6) is -1.47. The van der Waals surface area contributed by atoms with E-state index < -0.39 is 17.9 Å². The molecule has 1 unspecified atom stereocenters. The predicted molar refractivity (Wildman–Crippen MR) is 143 cm³/mol. The highest BCUT2D eigenvalue weighted by Gasteiger charge is 2.25. The molecule has 4 aromatic rings. The Bertz CT molecular complexity index is 1430. The van der Waals surface area contributed by atoms with Gasteiger partial charge in [-0.25, -0.2) is 9.78 Å². The van der Waals surface area contributed by atoms with E-state index in [1.807, 2.05) is 43.5 Å². The smallest absolute Gasteiger partial charge is 0.328 e. The first-order valence-corrected chi connectivity index (χ1v) is 12.6. The zero-order valence-electron chi connectivity index (χ0n) is 20.6. The summed E-state index contributed by atoms with van der Waals surface area (Å²) >= 11 is 1.59. The Morgan fingerprint density at radius 2 is 1.76 bits per heavy atom. The molecule has 0 spiro atoms. The molecular weight excluding hydrogens is 490 g/mol. The number of nitrogens with zero attached hydrogens (tertiary/aromatic N) is 1. The number of nitrogens with one attached hydrogen (secondary N) is 2. The van der Waals surface area contributed by atoms with Crippen molar-refractivity contribution in [1.29, 1.82) is 0 Å². The van der Waals surface area contributed by atoms with Gasteiger partial charge in [0.15, 0.2) is 0 Å². The molecule has 3 N–H and O–H groups in total. The highest BCUT2D eigenvalue weighted by atomic mass is 32.1. The summed E-state index contributed by atoms with van der Waals surface area (Å²) in [4.78, 5) is 44.4. The lowest BCUT2D eigenvalue weighted by molar-refractivity contribution is -0.142. The number of thiophene rings is 1. The Balaban J connectivity index is 1.70. The third kappa shape index (κ3) is 6.13. The average Bonchev–Trinajstić information content (AvgIpc) is 3.42. The van der Waals surface area contributed by atoms with Gasteiger partial charge < -0.3 is 20.5 Å². The van der Waals surface area contributed by atoms with Crippen LogP contribution in [0.3, 0.4) is 0 Å². The van der Waals surface area contributed by atoms with Gasteiger partial charge in [0.2, 0.25) is 0 Å². The van der Waals surface area contributed by atoms with Crippen molar-refractivity contribution in [3.8, 4) is 16.2 Å². The van der Waals surface area contributed by atoms with Gasteiger partial charge in [-0.05, 0) is 66.8 Å². The molecule has 0 bridgehead atoms. The van der Waals surface area contributed by atoms with E-state index in [4.69, 9.17) is 4.74 Å². The zero-order valence-corrected chi connectivity index (χ0v) is 21.5. The van der Waals surface area contributed by atoms with Crippen molar-refractivity contribution in [1.82, 2.24) is 15.6 Å². The molecule has 1 atom stereocenters. The van der Waals surface area contributed by atoms with Crippen LogP contribution in [-0.2, 0) is 16.0 Å². The van der Waals surface area contributed by atoms with Crippen LogP contribution in [0.2, 0.25) is 0 Å². The number of pyridine rings is 1. The molecule has 8 nitrogen and oxygen atoms in total. The minimum atomic E-state index is -0.992. The lowest BCUT2D eigenvalue weighted by atomic mass is 10.0. The number of methoxy groups -OCH3 is 1. The number of carbonyl (C=O) groups is 3. The van der Waals surface area contributed by atoms with Gasteiger partial charge in [0.25, 0.3) is 11.8 Å². The second-order valence-corrected chi connectivity index (χ2v) is 9.76. The summed E-state index contributed by atoms with van der Waals surface area (Å²) < 4.78 is 4.88. The Hall–Kier alpha value is -4.24. The van der Waals surface area contributed by atoms with E-state index in [2.05, 4.69) is 15.6 Å². The molecule has 4 rings (SSSR count). The molecule has 190 valence electrons. The quantitative estimate of drug-likeness (QED) is 0.300. The number of hydrogen-bond donors (Lipinski definition) is 3. The van der Waals surface area contributed by atoms with E-state index in [-0.39, 0.29) is 29.8 Å². The summed E-state index contributed by atoms with van der Waals surface area (Å²) in [6, 6.07) is 16.2. The molecule has 0 saturated carbocycles. The maximum atomic E-state index is 13.3. The van der Waals surface area contributed by atoms with Crippen molar-refractivity contribution in [2.24, 2.45) is 0 Å². The van der Waals surface area contributed by atoms with Crippen LogP contribution in [0.25, 0.3) is 21.3 Å². The summed E-state index contributed by atoms with van der Waals surface area (Å²) in [5.41, 5.74) is 2.47. The second kappa shape index (κ2) is 11.2. The van der Waals surface area contributed by atoms with Crippen molar-refractivity contribution in [2.45, 2.75) is 32.4 Å². The maximum Gasteiger partial charge on any atom is 0.328 e. The van der Waals surface area contributed by atoms with Crippen LogP contribution in [0.15, 0.2) is 66.0 Å². The molecule has 2 heterocycles. The number of phenols is 1. The van der Waals surface area contributed by atoms with Gasteiger partial charge in [-0.3, -0.25) is 9.59 Å². The van der Waals surface area contributed by atoms with Crippen LogP contribution in [0.4, 0.5) is 0 Å². The van der Waals surface area contributed by atoms with Crippen molar-refractivity contribution in [3.05, 3.63) is 82.9 Å². The number of amides is 2. The van der Waals surface area contributed by atoms with Gasteiger partial charge in [-0.1, -0.05) is 24.3 Å². The molecule has 2 aromatic heterocycles. The SMILES string of the molecule is COC(=O)C(Cc1ccc(O)cc1)NC(=O)c1cc(C(=O)NC(C)C)c2cc(-c3cccs3)ccc2n1. The van der Waals surface area contributed by atoms with E-state index in [1.165, 1.54) is 25.3 Å². The van der Waals surface area contributed by atoms with Crippen LogP contribution in [-0.4, -0.2) is 47.1 Å². The summed E-state index contributed by atoms with van der Waals surface area (Å²) in [5, 5.41) is 17.7. The average molecular weight is 518 g/mol. The summed E-state index contributed by atoms with van der Waals surface area (Å²) in [6.07, 6.45) is 0.150. The second-order valence-electron chi connectivity index (χ2n) is 8.81. The third-order valence-corrected chi connectivity index (χ3v) is 6.60. The maximum absolute atomic E-state index is 13.3. The molecule has 0 aliphatic heterocycles. The summed E-state index contributed by atoms with van der Waals surface area (Å²) in [6.45, 7) is 3.71. The van der Waals surface area contributed by atoms with Crippen LogP contribution < -0.4 is 10.6 Å². The number of aromatic nitrogens is 1. The van der Waals surface area contributed by atoms with Gasteiger partial charge in [0.05, 0.1) is 18.2 Å². The van der Waals surface area contributed by atoms with Crippen LogP contribution in [0.1, 0.15) is 40.3 Å². The van der Waals surface area contributed by atoms with Crippen LogP contribution in [0, 0.1) is 0 Å². The Labute approximate surface area is 218 Å². The molecule has 2 amide bonds. The summed E-state index contributed by atoms with van der Waals surface area (Å²) in [7, 11) is 1.24. The number of carbonyl (C=O) groups excluding carboxylic acids is 3. The molecule has 0 aliphatic rings. The highest BCUT2D eigenvalue weighted by Crippen LogP contribution is 2.29. The van der Waals surface area contributed by atoms with Gasteiger partial charge in [0, 0.05) is 22.7 Å². The first-order valence-electron chi connectivity index (χ1n) is 11.7. The Morgan fingerprint density at radius 3 is 2.41 bits per heavy atom. The van der Waals surface area contributed by atoms with E-state index in [9.17, 15) is 19.5 Å². The van der Waals surface area contributed by atoms with Crippen LogP contribution >= 0.6 is 11.3 Å². The number of aromatic hydroxyl groups is 1. The van der Waals surface area contributed by atoms with Crippen molar-refractivity contribution in [3.63, 3.8) is 0 Å². The molecule has 0 fully saturated rings. The van der Waals surface area contributed by atoms with Gasteiger partial charge in [-0.2, -0.15) is 0 Å². The first-order chi connectivity index (χ1) is 17.7. The fraction of sp³-hybridized carbons (Fsp3) is 0.214. The fourth-order valence-corrected chi connectivity index (χ4v) is 4.63. The molecule has 2 aromatic carbocycles. The number of fused-ring (bicyclic) bond motifs is 1. The monoisotopic (exact) mass is 517 g/mol. The van der Waals surface area contributed by atoms with E-state index in [0.29, 0.717) is 16.5 Å². The highest BCUT2D eigenvalue weighted by molar-refractivity contribution is 7.13. The van der Waals surface area contributed by atoms with Gasteiger partial charge in [0.1, 0.15) is 17.5 Å². The molecule has 9 heteroatoms. The number of hydrogen-bond acceptors (Lipinski definition) is 7. The predicted octanol–water partition coefficient (Wildman–Crippen LogP) is 4.32. The van der Waals surface area contributed by atoms with Crippen molar-refractivity contribution < 1.29 is 24.2 Å². The molecule has 0 aliphatic carbocycles. The molecular formula is C28H27N3O5S. The van der Waals surface area contributed by atoms with Gasteiger partial charge in [-0.15, -0.1) is 11.3 Å². The van der Waals surface area contributed by atoms with E-state index >= 15 is 0 Å². The number of phenolic OH excluding ortho intramolecular Hbond substituents is 1. The number of rotatable bonds is 8. The topological polar surface area (TPSA) is 118 Å². The molecule has 37 heavy (non-hydrogen) atoms. The van der Waals surface area contributed by atoms with Gasteiger partial charge >= 0.3 is 5.97 Å². The van der Waals surface area contributed by atoms with E-state index in [0.717, 1.165) is 16.0 Å². The fourth-order valence-electron chi connectivity index (χ4n) is 3.90. The third-order valence-electron chi connectivity index (χ3n) is 5.68. The number of benzene rings is 2. The standard InChI is InChI=1S/C28H27N3O5S/c1-16(2)29-26(33)21-15-23(30-22-11-8-18(14-20(21)22)25-5-4-12-37-25)27(34)31-24(28(35)36-3)13-17-6-9-19(32)10-7-17/h4-12,14-16,24,32H,13H2,1-3H3,(H,29,33)(H,31,34). The lowest BCUT2D eigenvalue weighted by Crippen LogP contribution is -2.43. The van der Waals surface area contributed by atoms with Crippen LogP contribution in [0.5, 0.6) is 5.75 Å². The Kier molecular flexibility index (Phi) is 7.83. The molecule has 0 saturated heterocycles. The minimum Gasteiger partial charge on any atom is -0.508 e. The van der Waals surface area contributed by atoms with Crippen molar-refractivity contribution in [2.75, 3.05) is 7.11 Å². The largest absolute Gasteiger partial charge is 0.508 e. The molecule has 0 radical (unpaired) electrons. The number of esters is 1.